The standard InChI is InChI=1S/C23H23ClN3O4/c1-25-11-12-26(22(29)18-9-13-31-16-18)23(25,19-5-7-20(24)8-6-19)14-21-17(15-28)4-3-10-27(21)30-2/h3-10,13,15-16H,11-12,14H2,1-2H3/q+1. The maximum absolute atomic E-state index is 13.5. The van der Waals surface area contributed by atoms with E-state index in [-0.39, 0.29) is 5.91 Å². The number of furan rings is 1. The molecule has 1 amide bonds. The number of hydrogen-bond donors (Lipinski definition) is 0. The predicted molar refractivity (Wildman–Crippen MR) is 114 cm³/mol. The van der Waals surface area contributed by atoms with Crippen molar-refractivity contribution in [3.63, 3.8) is 0 Å². The minimum atomic E-state index is -0.863. The molecule has 1 aliphatic rings. The van der Waals surface area contributed by atoms with E-state index in [9.17, 15) is 9.59 Å². The number of aromatic nitrogens is 1. The van der Waals surface area contributed by atoms with Crippen LogP contribution in [0.5, 0.6) is 0 Å². The Balaban J connectivity index is 1.91. The number of pyridine rings is 1. The summed E-state index contributed by atoms with van der Waals surface area (Å²) in [6, 6.07) is 12.6. The van der Waals surface area contributed by atoms with Crippen molar-refractivity contribution in [3.05, 3.63) is 88.6 Å². The third kappa shape index (κ3) is 3.60. The van der Waals surface area contributed by atoms with Gasteiger partial charge in [-0.15, -0.1) is 0 Å². The lowest BCUT2D eigenvalue weighted by Crippen LogP contribution is -2.56. The number of likely N-dealkylation sites (N-methyl/N-ethyl adjacent to an activating group) is 1. The zero-order valence-electron chi connectivity index (χ0n) is 17.3. The normalized spacial score (nSPS) is 18.9. The summed E-state index contributed by atoms with van der Waals surface area (Å²) in [5.41, 5.74) is 1.65. The quantitative estimate of drug-likeness (QED) is 0.435. The molecule has 3 aromatic rings. The second kappa shape index (κ2) is 8.53. The molecule has 3 heterocycles. The molecule has 7 nitrogen and oxygen atoms in total. The lowest BCUT2D eigenvalue weighted by Gasteiger charge is -2.42. The van der Waals surface area contributed by atoms with Gasteiger partial charge in [0.2, 0.25) is 11.9 Å². The Morgan fingerprint density at radius 1 is 1.26 bits per heavy atom. The van der Waals surface area contributed by atoms with Crippen LogP contribution in [-0.2, 0) is 12.1 Å². The van der Waals surface area contributed by atoms with Crippen molar-refractivity contribution in [1.82, 2.24) is 9.80 Å². The molecule has 2 aromatic heterocycles. The monoisotopic (exact) mass is 440 g/mol. The zero-order chi connectivity index (χ0) is 22.0. The Morgan fingerprint density at radius 3 is 2.68 bits per heavy atom. The van der Waals surface area contributed by atoms with Crippen molar-refractivity contribution < 1.29 is 23.6 Å². The van der Waals surface area contributed by atoms with Crippen molar-refractivity contribution in [2.24, 2.45) is 0 Å². The average molecular weight is 441 g/mol. The van der Waals surface area contributed by atoms with Gasteiger partial charge in [0.25, 0.3) is 5.91 Å². The van der Waals surface area contributed by atoms with Gasteiger partial charge >= 0.3 is 0 Å². The van der Waals surface area contributed by atoms with Gasteiger partial charge in [0.1, 0.15) is 19.0 Å². The summed E-state index contributed by atoms with van der Waals surface area (Å²) in [4.78, 5) is 34.8. The van der Waals surface area contributed by atoms with Crippen LogP contribution in [0, 0.1) is 0 Å². The van der Waals surface area contributed by atoms with Gasteiger partial charge in [-0.1, -0.05) is 23.7 Å². The number of amides is 1. The summed E-state index contributed by atoms with van der Waals surface area (Å²) >= 11 is 6.16. The molecule has 1 aliphatic heterocycles. The molecule has 0 bridgehead atoms. The first-order valence-corrected chi connectivity index (χ1v) is 10.2. The highest BCUT2D eigenvalue weighted by Crippen LogP contribution is 2.40. The van der Waals surface area contributed by atoms with Gasteiger partial charge in [0.15, 0.2) is 6.29 Å². The van der Waals surface area contributed by atoms with Crippen LogP contribution in [0.4, 0.5) is 0 Å². The Labute approximate surface area is 185 Å². The first-order valence-electron chi connectivity index (χ1n) is 9.86. The number of aldehydes is 1. The fraction of sp³-hybridized carbons (Fsp3) is 0.261. The van der Waals surface area contributed by atoms with E-state index in [0.29, 0.717) is 41.4 Å². The Hall–Kier alpha value is -3.16. The van der Waals surface area contributed by atoms with Gasteiger partial charge in [-0.2, -0.15) is 0 Å². The van der Waals surface area contributed by atoms with Crippen molar-refractivity contribution >= 4 is 23.8 Å². The molecule has 0 saturated carbocycles. The third-order valence-corrected chi connectivity index (χ3v) is 6.14. The number of carbonyl (C=O) groups is 2. The van der Waals surface area contributed by atoms with Gasteiger partial charge in [-0.25, -0.2) is 0 Å². The first kappa shape index (κ1) is 21.1. The fourth-order valence-corrected chi connectivity index (χ4v) is 4.42. The number of hydrogen-bond acceptors (Lipinski definition) is 5. The summed E-state index contributed by atoms with van der Waals surface area (Å²) in [7, 11) is 3.51. The topological polar surface area (TPSA) is 66.9 Å². The molecule has 4 rings (SSSR count). The minimum absolute atomic E-state index is 0.152. The molecular weight excluding hydrogens is 418 g/mol. The first-order chi connectivity index (χ1) is 15.0. The lowest BCUT2D eigenvalue weighted by molar-refractivity contribution is -0.890. The molecule has 1 unspecified atom stereocenters. The summed E-state index contributed by atoms with van der Waals surface area (Å²) < 4.78 is 6.72. The SMILES string of the molecule is CO[n+]1cccc(C=O)c1CC1(c2ccc(Cl)cc2)N(C)CCN1C(=O)c1ccoc1. The van der Waals surface area contributed by atoms with E-state index in [4.69, 9.17) is 20.9 Å². The van der Waals surface area contributed by atoms with E-state index in [0.717, 1.165) is 11.8 Å². The van der Waals surface area contributed by atoms with Crippen LogP contribution in [0.3, 0.4) is 0 Å². The second-order valence-electron chi connectivity index (χ2n) is 7.43. The van der Waals surface area contributed by atoms with Crippen molar-refractivity contribution in [1.29, 1.82) is 0 Å². The average Bonchev–Trinajstić information content (AvgIpc) is 3.43. The van der Waals surface area contributed by atoms with E-state index < -0.39 is 5.66 Å². The van der Waals surface area contributed by atoms with Crippen LogP contribution in [-0.4, -0.2) is 49.2 Å². The smallest absolute Gasteiger partial charge is 0.258 e. The van der Waals surface area contributed by atoms with E-state index in [2.05, 4.69) is 4.90 Å². The molecule has 0 spiro atoms. The van der Waals surface area contributed by atoms with Crippen LogP contribution in [0.1, 0.15) is 32.0 Å². The van der Waals surface area contributed by atoms with Crippen molar-refractivity contribution in [2.45, 2.75) is 12.1 Å². The van der Waals surface area contributed by atoms with Crippen LogP contribution in [0.25, 0.3) is 0 Å². The van der Waals surface area contributed by atoms with Crippen LogP contribution < -0.4 is 9.57 Å². The fourth-order valence-electron chi connectivity index (χ4n) is 4.29. The van der Waals surface area contributed by atoms with Gasteiger partial charge in [-0.05, 0) is 36.9 Å². The van der Waals surface area contributed by atoms with Gasteiger partial charge in [-0.3, -0.25) is 19.3 Å². The highest BCUT2D eigenvalue weighted by atomic mass is 35.5. The Bertz CT molecular complexity index is 1080. The minimum Gasteiger partial charge on any atom is -0.472 e. The van der Waals surface area contributed by atoms with Crippen molar-refractivity contribution in [3.8, 4) is 0 Å². The summed E-state index contributed by atoms with van der Waals surface area (Å²) in [5, 5.41) is 0.604. The molecule has 8 heteroatoms. The number of carbonyl (C=O) groups excluding carboxylic acids is 2. The number of rotatable bonds is 6. The molecule has 1 fully saturated rings. The third-order valence-electron chi connectivity index (χ3n) is 5.89. The lowest BCUT2D eigenvalue weighted by atomic mass is 9.90. The Morgan fingerprint density at radius 2 is 2.03 bits per heavy atom. The summed E-state index contributed by atoms with van der Waals surface area (Å²) in [5.74, 6) is -0.152. The van der Waals surface area contributed by atoms with E-state index >= 15 is 0 Å². The molecule has 0 aliphatic carbocycles. The predicted octanol–water partition coefficient (Wildman–Crippen LogP) is 2.57. The summed E-state index contributed by atoms with van der Waals surface area (Å²) in [6.07, 6.45) is 5.81. The molecule has 160 valence electrons. The van der Waals surface area contributed by atoms with E-state index in [1.54, 1.807) is 48.4 Å². The second-order valence-corrected chi connectivity index (χ2v) is 7.86. The van der Waals surface area contributed by atoms with E-state index in [1.165, 1.54) is 12.5 Å². The molecule has 1 aromatic carbocycles. The molecule has 0 radical (unpaired) electrons. The zero-order valence-corrected chi connectivity index (χ0v) is 18.1. The molecule has 1 atom stereocenters. The molecule has 0 N–H and O–H groups in total. The van der Waals surface area contributed by atoms with Crippen molar-refractivity contribution in [2.75, 3.05) is 27.2 Å². The number of halogens is 1. The Kier molecular flexibility index (Phi) is 5.80. The van der Waals surface area contributed by atoms with Gasteiger partial charge in [0.05, 0.1) is 23.8 Å². The maximum Gasteiger partial charge on any atom is 0.258 e. The molecular formula is C23H23ClN3O4+. The highest BCUT2D eigenvalue weighted by Gasteiger charge is 2.51. The molecule has 31 heavy (non-hydrogen) atoms. The summed E-state index contributed by atoms with van der Waals surface area (Å²) in [6.45, 7) is 1.17. The van der Waals surface area contributed by atoms with E-state index in [1.807, 2.05) is 24.1 Å². The van der Waals surface area contributed by atoms with Crippen LogP contribution in [0.2, 0.25) is 5.02 Å². The number of benzene rings is 1. The molecule has 1 saturated heterocycles. The van der Waals surface area contributed by atoms with Gasteiger partial charge in [0, 0.05) is 28.9 Å². The number of nitrogens with zero attached hydrogens (tertiary/aromatic N) is 3. The highest BCUT2D eigenvalue weighted by molar-refractivity contribution is 6.30. The largest absolute Gasteiger partial charge is 0.472 e. The van der Waals surface area contributed by atoms with Crippen LogP contribution >= 0.6 is 11.6 Å². The van der Waals surface area contributed by atoms with Crippen LogP contribution in [0.15, 0.2) is 65.6 Å². The maximum atomic E-state index is 13.5. The van der Waals surface area contributed by atoms with Gasteiger partial charge < -0.3 is 9.32 Å².